The predicted molar refractivity (Wildman–Crippen MR) is 329 cm³/mol. The quantitative estimate of drug-likeness (QED) is 0.123. The molecule has 5 nitrogen and oxygen atoms in total. The lowest BCUT2D eigenvalue weighted by atomic mass is 9.78. The number of aromatic nitrogens is 4. The van der Waals surface area contributed by atoms with Gasteiger partial charge in [0.25, 0.3) is 6.33 Å². The molecule has 0 spiro atoms. The zero-order chi connectivity index (χ0) is 59.7. The summed E-state index contributed by atoms with van der Waals surface area (Å²) >= 11 is 0. The van der Waals surface area contributed by atoms with Crippen LogP contribution in [0.3, 0.4) is 0 Å². The lowest BCUT2D eigenvalue weighted by Gasteiger charge is -2.28. The summed E-state index contributed by atoms with van der Waals surface area (Å²) in [5.41, 5.74) is 16.1. The van der Waals surface area contributed by atoms with Gasteiger partial charge in [0.1, 0.15) is 17.3 Å². The molecule has 0 bridgehead atoms. The molecule has 388 valence electrons. The van der Waals surface area contributed by atoms with Gasteiger partial charge in [-0.15, -0.1) is 0 Å². The molecule has 0 atom stereocenters. The van der Waals surface area contributed by atoms with E-state index < -0.39 is 13.7 Å². The minimum absolute atomic E-state index is 0.0297. The standard InChI is InChI=1S/C74H66N4O/c1-46-21-18-22-47(2)69(46)49-39-63(48-37-51(73(6,7)8)41-52(38-48)74(9,10)11)70-64(40-49)59-28-15-13-26-57(59)56-25-12-14-27-58(56)62-30-20-32-66-71(62)77(70)45-76(66)53-23-19-24-54(43-53)79-55-33-34-61-60-29-16-17-31-65(60)78(67(61)44-55)68-42-50(35-36-75-68)72(3,4)5/h12-44H,1-11H3/i1D3,2D3. The Balaban J connectivity index is 1.09. The van der Waals surface area contributed by atoms with Crippen LogP contribution in [-0.2, 0) is 16.2 Å². The molecule has 0 amide bonds. The molecule has 0 N–H and O–H groups in total. The van der Waals surface area contributed by atoms with Crippen molar-refractivity contribution in [2.24, 2.45) is 0 Å². The van der Waals surface area contributed by atoms with E-state index in [9.17, 15) is 0 Å². The van der Waals surface area contributed by atoms with Gasteiger partial charge in [-0.3, -0.25) is 13.7 Å². The van der Waals surface area contributed by atoms with Gasteiger partial charge in [-0.25, -0.2) is 4.98 Å². The summed E-state index contributed by atoms with van der Waals surface area (Å²) in [6, 6.07) is 65.7. The molecule has 13 rings (SSSR count). The van der Waals surface area contributed by atoms with Gasteiger partial charge in [-0.2, -0.15) is 0 Å². The number of nitrogens with zero attached hydrogens (tertiary/aromatic N) is 4. The van der Waals surface area contributed by atoms with Crippen LogP contribution in [0.1, 0.15) is 98.4 Å². The highest BCUT2D eigenvalue weighted by atomic mass is 16.5. The molecule has 0 radical (unpaired) electrons. The lowest BCUT2D eigenvalue weighted by molar-refractivity contribution is -0.570. The number of imidazole rings is 1. The van der Waals surface area contributed by atoms with Crippen LogP contribution in [0.4, 0.5) is 0 Å². The highest BCUT2D eigenvalue weighted by Crippen LogP contribution is 2.48. The van der Waals surface area contributed by atoms with E-state index in [1.807, 2.05) is 54.7 Å². The predicted octanol–water partition coefficient (Wildman–Crippen LogP) is 19.1. The van der Waals surface area contributed by atoms with Crippen molar-refractivity contribution in [2.45, 2.75) is 92.3 Å². The average Bonchev–Trinajstić information content (AvgIpc) is 1.71. The highest BCUT2D eigenvalue weighted by Gasteiger charge is 2.30. The Morgan fingerprint density at radius 3 is 1.71 bits per heavy atom. The number of para-hydroxylation sites is 2. The van der Waals surface area contributed by atoms with Crippen molar-refractivity contribution in [3.8, 4) is 84.3 Å². The minimum atomic E-state index is -2.65. The Labute approximate surface area is 473 Å². The first kappa shape index (κ1) is 43.2. The van der Waals surface area contributed by atoms with Crippen molar-refractivity contribution in [1.29, 1.82) is 0 Å². The van der Waals surface area contributed by atoms with Gasteiger partial charge in [0, 0.05) is 31.3 Å². The van der Waals surface area contributed by atoms with E-state index in [0.29, 0.717) is 17.1 Å². The molecule has 5 heteroatoms. The summed E-state index contributed by atoms with van der Waals surface area (Å²) in [6.45, 7) is 14.7. The van der Waals surface area contributed by atoms with Crippen molar-refractivity contribution in [1.82, 2.24) is 14.1 Å². The number of hydrogen-bond donors (Lipinski definition) is 0. The fourth-order valence-corrected chi connectivity index (χ4v) is 11.7. The molecule has 12 aromatic rings. The molecule has 3 aromatic heterocycles. The number of pyridine rings is 1. The van der Waals surface area contributed by atoms with Gasteiger partial charge in [0.05, 0.1) is 33.4 Å². The van der Waals surface area contributed by atoms with Crippen LogP contribution >= 0.6 is 0 Å². The molecule has 9 aromatic carbocycles. The Morgan fingerprint density at radius 1 is 0.456 bits per heavy atom. The van der Waals surface area contributed by atoms with Crippen LogP contribution < -0.4 is 9.30 Å². The van der Waals surface area contributed by atoms with Crippen molar-refractivity contribution < 1.29 is 17.5 Å². The second-order valence-electron chi connectivity index (χ2n) is 24.3. The summed E-state index contributed by atoms with van der Waals surface area (Å²) < 4.78 is 66.9. The topological polar surface area (TPSA) is 35.9 Å². The van der Waals surface area contributed by atoms with Crippen LogP contribution in [0.2, 0.25) is 0 Å². The van der Waals surface area contributed by atoms with Crippen molar-refractivity contribution in [3.63, 3.8) is 0 Å². The van der Waals surface area contributed by atoms with Gasteiger partial charge in [-0.1, -0.05) is 190 Å². The first-order valence-corrected chi connectivity index (χ1v) is 27.3. The summed E-state index contributed by atoms with van der Waals surface area (Å²) in [5, 5.41) is 2.22. The molecular formula is C74H66N4O. The van der Waals surface area contributed by atoms with Crippen molar-refractivity contribution in [3.05, 3.63) is 234 Å². The van der Waals surface area contributed by atoms with Crippen LogP contribution in [0.15, 0.2) is 200 Å². The molecule has 1 aliphatic heterocycles. The number of rotatable bonds is 6. The van der Waals surface area contributed by atoms with E-state index in [1.54, 1.807) is 18.2 Å². The molecule has 79 heavy (non-hydrogen) atoms. The third kappa shape index (κ3) is 8.55. The first-order chi connectivity index (χ1) is 40.3. The van der Waals surface area contributed by atoms with E-state index in [1.165, 1.54) is 5.56 Å². The van der Waals surface area contributed by atoms with E-state index in [-0.39, 0.29) is 32.9 Å². The summed E-state index contributed by atoms with van der Waals surface area (Å²) in [4.78, 5) is 4.92. The van der Waals surface area contributed by atoms with E-state index in [0.717, 1.165) is 106 Å². The van der Waals surface area contributed by atoms with Crippen LogP contribution in [0.5, 0.6) is 11.5 Å². The highest BCUT2D eigenvalue weighted by molar-refractivity contribution is 6.09. The third-order valence-corrected chi connectivity index (χ3v) is 15.9. The number of aryl methyl sites for hydroxylation is 2. The summed E-state index contributed by atoms with van der Waals surface area (Å²) in [6.07, 6.45) is 5.84. The Bertz CT molecular complexity index is 4610. The normalized spacial score (nSPS) is 13.9. The average molecular weight is 1030 g/mol. The SMILES string of the molecule is [2H]C([2H])([2H])c1cccc(C([2H])([2H])[2H])c1-c1cc(-c2cc(C(C)(C)C)cc(C(C)(C)C)c2)c2c(c1)-c1ccccc1-c1ccccc1-c1cccc3c1[n+]-2[c-]n3-c1cccc(Oc2ccc3c4ccccc4n(-c4cc(C(C)(C)C)ccn4)c3c2)c1. The number of ether oxygens (including phenoxy) is 1. The second kappa shape index (κ2) is 18.4. The largest absolute Gasteiger partial charge is 0.458 e. The zero-order valence-corrected chi connectivity index (χ0v) is 46.2. The van der Waals surface area contributed by atoms with Gasteiger partial charge >= 0.3 is 0 Å². The molecule has 0 fully saturated rings. The first-order valence-electron chi connectivity index (χ1n) is 30.3. The number of fused-ring (bicyclic) bond motifs is 10. The van der Waals surface area contributed by atoms with E-state index in [4.69, 9.17) is 17.9 Å². The molecule has 0 saturated heterocycles. The summed E-state index contributed by atoms with van der Waals surface area (Å²) in [5.74, 6) is 2.13. The lowest BCUT2D eigenvalue weighted by Crippen LogP contribution is -2.32. The van der Waals surface area contributed by atoms with Crippen molar-refractivity contribution in [2.75, 3.05) is 0 Å². The Morgan fingerprint density at radius 2 is 1.03 bits per heavy atom. The maximum absolute atomic E-state index is 8.92. The third-order valence-electron chi connectivity index (χ3n) is 15.9. The monoisotopic (exact) mass is 1030 g/mol. The second-order valence-corrected chi connectivity index (χ2v) is 24.3. The number of hydrogen-bond acceptors (Lipinski definition) is 2. The van der Waals surface area contributed by atoms with Gasteiger partial charge in [0.15, 0.2) is 0 Å². The van der Waals surface area contributed by atoms with Crippen LogP contribution in [0, 0.1) is 20.0 Å². The minimum Gasteiger partial charge on any atom is -0.458 e. The fraction of sp³-hybridized carbons (Fsp3) is 0.189. The fourth-order valence-electron chi connectivity index (χ4n) is 11.7. The smallest absolute Gasteiger partial charge is 0.269 e. The molecule has 0 saturated carbocycles. The molecule has 0 unspecified atom stereocenters. The zero-order valence-electron chi connectivity index (χ0n) is 52.2. The van der Waals surface area contributed by atoms with Crippen LogP contribution in [0.25, 0.3) is 106 Å². The molecular weight excluding hydrogens is 961 g/mol. The summed E-state index contributed by atoms with van der Waals surface area (Å²) in [7, 11) is 0. The molecule has 4 heterocycles. The van der Waals surface area contributed by atoms with Gasteiger partial charge in [0.2, 0.25) is 0 Å². The van der Waals surface area contributed by atoms with Crippen molar-refractivity contribution >= 4 is 32.8 Å². The number of benzene rings is 9. The maximum Gasteiger partial charge on any atom is 0.269 e. The van der Waals surface area contributed by atoms with E-state index >= 15 is 0 Å². The van der Waals surface area contributed by atoms with Gasteiger partial charge < -0.3 is 4.74 Å². The molecule has 0 aliphatic carbocycles. The Kier molecular flexibility index (Phi) is 10.1. The maximum atomic E-state index is 8.92. The van der Waals surface area contributed by atoms with Crippen LogP contribution in [-0.4, -0.2) is 14.1 Å². The van der Waals surface area contributed by atoms with Gasteiger partial charge in [-0.05, 0) is 174 Å². The molecule has 1 aliphatic rings. The Hall–Kier alpha value is -8.80. The van der Waals surface area contributed by atoms with E-state index in [2.05, 4.69) is 210 Å².